The van der Waals surface area contributed by atoms with E-state index in [1.165, 1.54) is 6.07 Å². The third-order valence-corrected chi connectivity index (χ3v) is 5.29. The van der Waals surface area contributed by atoms with E-state index in [0.29, 0.717) is 11.6 Å². The number of benzene rings is 1. The Balaban J connectivity index is 1.84. The molecule has 0 spiro atoms. The van der Waals surface area contributed by atoms with E-state index in [9.17, 15) is 9.18 Å². The van der Waals surface area contributed by atoms with Crippen molar-refractivity contribution in [3.63, 3.8) is 0 Å². The standard InChI is InChI=1S/C18H17FN4OS/c19-14-9-8-13(25-14)17-21-15(11-5-2-1-3-6-11)18(22-17)23-10-4-7-12(23)16(20)24/h1-3,5-6,8-9,12H,4,7,10H2,(H2,20,24)(H,21,22)/t12-/m1/s1. The Morgan fingerprint density at radius 3 is 2.76 bits per heavy atom. The van der Waals surface area contributed by atoms with Gasteiger partial charge in [0.2, 0.25) is 5.91 Å². The average Bonchev–Trinajstić information content (AvgIpc) is 3.33. The Labute approximate surface area is 148 Å². The average molecular weight is 356 g/mol. The predicted octanol–water partition coefficient (Wildman–Crippen LogP) is 3.40. The summed E-state index contributed by atoms with van der Waals surface area (Å²) >= 11 is 1.04. The molecule has 128 valence electrons. The monoisotopic (exact) mass is 356 g/mol. The van der Waals surface area contributed by atoms with Crippen LogP contribution in [0.5, 0.6) is 0 Å². The smallest absolute Gasteiger partial charge is 0.240 e. The van der Waals surface area contributed by atoms with Crippen molar-refractivity contribution in [1.82, 2.24) is 9.97 Å². The molecule has 5 nitrogen and oxygen atoms in total. The summed E-state index contributed by atoms with van der Waals surface area (Å²) in [6.45, 7) is 0.719. The lowest BCUT2D eigenvalue weighted by molar-refractivity contribution is -0.119. The van der Waals surface area contributed by atoms with E-state index in [1.54, 1.807) is 6.07 Å². The maximum atomic E-state index is 13.4. The van der Waals surface area contributed by atoms with Gasteiger partial charge in [-0.3, -0.25) is 4.79 Å². The van der Waals surface area contributed by atoms with Crippen LogP contribution in [0.3, 0.4) is 0 Å². The Morgan fingerprint density at radius 2 is 2.08 bits per heavy atom. The zero-order valence-electron chi connectivity index (χ0n) is 13.4. The van der Waals surface area contributed by atoms with Crippen molar-refractivity contribution in [2.24, 2.45) is 5.73 Å². The van der Waals surface area contributed by atoms with Gasteiger partial charge in [0.05, 0.1) is 10.6 Å². The first-order valence-electron chi connectivity index (χ1n) is 8.10. The van der Waals surface area contributed by atoms with Crippen molar-refractivity contribution >= 4 is 23.1 Å². The fourth-order valence-corrected chi connectivity index (χ4v) is 3.93. The van der Waals surface area contributed by atoms with E-state index in [4.69, 9.17) is 10.7 Å². The molecular formula is C18H17FN4OS. The summed E-state index contributed by atoms with van der Waals surface area (Å²) in [5.74, 6) is 0.942. The van der Waals surface area contributed by atoms with Crippen LogP contribution in [-0.4, -0.2) is 28.5 Å². The molecule has 0 radical (unpaired) electrons. The van der Waals surface area contributed by atoms with Crippen LogP contribution in [0.2, 0.25) is 0 Å². The van der Waals surface area contributed by atoms with Crippen LogP contribution >= 0.6 is 11.3 Å². The van der Waals surface area contributed by atoms with Crippen LogP contribution < -0.4 is 10.6 Å². The molecule has 1 atom stereocenters. The normalized spacial score (nSPS) is 17.2. The third-order valence-electron chi connectivity index (χ3n) is 4.41. The molecule has 1 fully saturated rings. The summed E-state index contributed by atoms with van der Waals surface area (Å²) in [4.78, 5) is 22.5. The molecule has 0 saturated carbocycles. The summed E-state index contributed by atoms with van der Waals surface area (Å²) in [7, 11) is 0. The number of halogens is 1. The van der Waals surface area contributed by atoms with Crippen LogP contribution in [0, 0.1) is 5.13 Å². The molecule has 1 aliphatic rings. The first-order valence-corrected chi connectivity index (χ1v) is 8.92. The summed E-state index contributed by atoms with van der Waals surface area (Å²) in [6.07, 6.45) is 1.61. The first kappa shape index (κ1) is 15.8. The number of H-pyrrole nitrogens is 1. The number of hydrogen-bond acceptors (Lipinski definition) is 4. The van der Waals surface area contributed by atoms with E-state index in [0.717, 1.165) is 46.9 Å². The Kier molecular flexibility index (Phi) is 4.01. The Morgan fingerprint density at radius 1 is 1.28 bits per heavy atom. The number of imidazole rings is 1. The van der Waals surface area contributed by atoms with Gasteiger partial charge < -0.3 is 15.6 Å². The zero-order chi connectivity index (χ0) is 17.4. The quantitative estimate of drug-likeness (QED) is 0.752. The molecule has 4 rings (SSSR count). The summed E-state index contributed by atoms with van der Waals surface area (Å²) < 4.78 is 13.4. The van der Waals surface area contributed by atoms with E-state index in [1.807, 2.05) is 35.2 Å². The number of thiophene rings is 1. The Hall–Kier alpha value is -2.67. The molecular weight excluding hydrogens is 339 g/mol. The highest BCUT2D eigenvalue weighted by atomic mass is 32.1. The molecule has 7 heteroatoms. The number of carbonyl (C=O) groups excluding carboxylic acids is 1. The molecule has 1 aromatic carbocycles. The number of rotatable bonds is 4. The van der Waals surface area contributed by atoms with Crippen LogP contribution in [0.15, 0.2) is 42.5 Å². The molecule has 3 aromatic rings. The second-order valence-corrected chi connectivity index (χ2v) is 7.04. The fourth-order valence-electron chi connectivity index (χ4n) is 3.25. The van der Waals surface area contributed by atoms with Crippen LogP contribution in [0.25, 0.3) is 22.0 Å². The molecule has 0 aliphatic carbocycles. The lowest BCUT2D eigenvalue weighted by atomic mass is 10.1. The number of aromatic nitrogens is 2. The molecule has 1 amide bonds. The highest BCUT2D eigenvalue weighted by molar-refractivity contribution is 7.13. The highest BCUT2D eigenvalue weighted by Gasteiger charge is 2.33. The summed E-state index contributed by atoms with van der Waals surface area (Å²) in [5, 5.41) is -0.259. The van der Waals surface area contributed by atoms with Crippen molar-refractivity contribution in [2.75, 3.05) is 11.4 Å². The fraction of sp³-hybridized carbons (Fsp3) is 0.222. The van der Waals surface area contributed by atoms with Crippen molar-refractivity contribution in [3.05, 3.63) is 47.6 Å². The van der Waals surface area contributed by atoms with Crippen molar-refractivity contribution in [3.8, 4) is 22.0 Å². The number of nitrogens with two attached hydrogens (primary N) is 1. The lowest BCUT2D eigenvalue weighted by Crippen LogP contribution is -2.40. The topological polar surface area (TPSA) is 75.0 Å². The van der Waals surface area contributed by atoms with Gasteiger partial charge in [0.15, 0.2) is 16.8 Å². The summed E-state index contributed by atoms with van der Waals surface area (Å²) in [5.41, 5.74) is 7.35. The van der Waals surface area contributed by atoms with E-state index >= 15 is 0 Å². The van der Waals surface area contributed by atoms with Crippen molar-refractivity contribution in [2.45, 2.75) is 18.9 Å². The maximum Gasteiger partial charge on any atom is 0.240 e. The number of carbonyl (C=O) groups is 1. The van der Waals surface area contributed by atoms with Crippen LogP contribution in [0.1, 0.15) is 12.8 Å². The highest BCUT2D eigenvalue weighted by Crippen LogP contribution is 2.36. The molecule has 3 N–H and O–H groups in total. The SMILES string of the molecule is NC(=O)[C@H]1CCCN1c1nc(-c2ccc(F)s2)[nH]c1-c1ccccc1. The minimum atomic E-state index is -0.362. The second-order valence-electron chi connectivity index (χ2n) is 6.01. The largest absolute Gasteiger partial charge is 0.368 e. The van der Waals surface area contributed by atoms with Gasteiger partial charge in [-0.05, 0) is 25.0 Å². The van der Waals surface area contributed by atoms with Gasteiger partial charge in [-0.1, -0.05) is 30.3 Å². The van der Waals surface area contributed by atoms with Gasteiger partial charge >= 0.3 is 0 Å². The Bertz CT molecular complexity index is 905. The number of anilines is 1. The van der Waals surface area contributed by atoms with Gasteiger partial charge in [0, 0.05) is 12.1 Å². The number of hydrogen-bond donors (Lipinski definition) is 2. The molecule has 1 saturated heterocycles. The number of amides is 1. The van der Waals surface area contributed by atoms with Gasteiger partial charge in [-0.25, -0.2) is 4.98 Å². The van der Waals surface area contributed by atoms with Gasteiger partial charge in [0.1, 0.15) is 6.04 Å². The number of nitrogens with zero attached hydrogens (tertiary/aromatic N) is 2. The van der Waals surface area contributed by atoms with E-state index in [2.05, 4.69) is 4.98 Å². The lowest BCUT2D eigenvalue weighted by Gasteiger charge is -2.23. The zero-order valence-corrected chi connectivity index (χ0v) is 14.2. The minimum absolute atomic E-state index is 0.259. The number of aromatic amines is 1. The van der Waals surface area contributed by atoms with Crippen molar-refractivity contribution in [1.29, 1.82) is 0 Å². The van der Waals surface area contributed by atoms with E-state index < -0.39 is 0 Å². The van der Waals surface area contributed by atoms with Crippen LogP contribution in [-0.2, 0) is 4.79 Å². The summed E-state index contributed by atoms with van der Waals surface area (Å²) in [6, 6.07) is 12.5. The first-order chi connectivity index (χ1) is 12.1. The van der Waals surface area contributed by atoms with Crippen LogP contribution in [0.4, 0.5) is 10.2 Å². The molecule has 3 heterocycles. The van der Waals surface area contributed by atoms with Gasteiger partial charge in [-0.2, -0.15) is 4.39 Å². The number of primary amides is 1. The predicted molar refractivity (Wildman–Crippen MR) is 96.9 cm³/mol. The van der Waals surface area contributed by atoms with Crippen molar-refractivity contribution < 1.29 is 9.18 Å². The molecule has 25 heavy (non-hydrogen) atoms. The minimum Gasteiger partial charge on any atom is -0.368 e. The number of nitrogens with one attached hydrogen (secondary N) is 1. The van der Waals surface area contributed by atoms with Gasteiger partial charge in [-0.15, -0.1) is 11.3 Å². The molecule has 2 aromatic heterocycles. The third kappa shape index (κ3) is 2.91. The molecule has 1 aliphatic heterocycles. The molecule has 0 unspecified atom stereocenters. The molecule has 0 bridgehead atoms. The van der Waals surface area contributed by atoms with E-state index in [-0.39, 0.29) is 17.1 Å². The maximum absolute atomic E-state index is 13.4. The van der Waals surface area contributed by atoms with Gasteiger partial charge in [0.25, 0.3) is 0 Å². The second kappa shape index (κ2) is 6.33.